The van der Waals surface area contributed by atoms with Crippen molar-refractivity contribution < 1.29 is 33.0 Å². The molecule has 0 N–H and O–H groups in total. The molecule has 0 radical (unpaired) electrons. The van der Waals surface area contributed by atoms with Crippen LogP contribution in [0.4, 0.5) is 4.79 Å². The van der Waals surface area contributed by atoms with Gasteiger partial charge in [0.05, 0.1) is 26.5 Å². The topological polar surface area (TPSA) is 100 Å². The number of rotatable bonds is 11. The third-order valence-electron chi connectivity index (χ3n) is 5.57. The minimum Gasteiger partial charge on any atom is -0.497 e. The summed E-state index contributed by atoms with van der Waals surface area (Å²) in [7, 11) is 2.82. The fraction of sp³-hybridized carbons (Fsp3) is 0.207. The van der Waals surface area contributed by atoms with Crippen LogP contribution in [-0.4, -0.2) is 49.3 Å². The van der Waals surface area contributed by atoms with Crippen molar-refractivity contribution in [3.63, 3.8) is 0 Å². The quantitative estimate of drug-likeness (QED) is 0.253. The van der Waals surface area contributed by atoms with Gasteiger partial charge in [-0.25, -0.2) is 9.78 Å². The van der Waals surface area contributed by atoms with Gasteiger partial charge in [-0.2, -0.15) is 0 Å². The SMILES string of the molecule is COC(=O)CN(Cc1ccc(OCCc2coc(-c3ccccc3)n2)cc1)C(=O)Oc1ccc(OC)cc1. The Kier molecular flexibility index (Phi) is 8.96. The highest BCUT2D eigenvalue weighted by Gasteiger charge is 2.20. The Labute approximate surface area is 220 Å². The Morgan fingerprint density at radius 2 is 1.55 bits per heavy atom. The van der Waals surface area contributed by atoms with Gasteiger partial charge in [-0.1, -0.05) is 30.3 Å². The molecular formula is C29H28N2O7. The molecule has 1 amide bonds. The summed E-state index contributed by atoms with van der Waals surface area (Å²) in [5.41, 5.74) is 2.51. The van der Waals surface area contributed by atoms with Crippen molar-refractivity contribution in [2.75, 3.05) is 27.4 Å². The van der Waals surface area contributed by atoms with Crippen LogP contribution in [0.3, 0.4) is 0 Å². The first-order valence-electron chi connectivity index (χ1n) is 11.9. The van der Waals surface area contributed by atoms with Gasteiger partial charge >= 0.3 is 12.1 Å². The molecule has 0 spiro atoms. The Morgan fingerprint density at radius 3 is 2.24 bits per heavy atom. The van der Waals surface area contributed by atoms with Crippen LogP contribution in [0.25, 0.3) is 11.5 Å². The highest BCUT2D eigenvalue weighted by molar-refractivity contribution is 5.79. The van der Waals surface area contributed by atoms with Crippen molar-refractivity contribution in [1.82, 2.24) is 9.88 Å². The number of carbonyl (C=O) groups is 2. The smallest absolute Gasteiger partial charge is 0.416 e. The normalized spacial score (nSPS) is 10.5. The summed E-state index contributed by atoms with van der Waals surface area (Å²) in [6.07, 6.45) is 1.54. The van der Waals surface area contributed by atoms with Crippen LogP contribution in [0, 0.1) is 0 Å². The molecule has 1 aromatic heterocycles. The van der Waals surface area contributed by atoms with Crippen molar-refractivity contribution in [3.05, 3.63) is 96.4 Å². The Balaban J connectivity index is 1.31. The lowest BCUT2D eigenvalue weighted by atomic mass is 10.2. The predicted octanol–water partition coefficient (Wildman–Crippen LogP) is 5.15. The molecular weight excluding hydrogens is 488 g/mol. The van der Waals surface area contributed by atoms with Crippen LogP contribution in [0.2, 0.25) is 0 Å². The number of hydrogen-bond acceptors (Lipinski definition) is 8. The second-order valence-electron chi connectivity index (χ2n) is 8.23. The number of nitrogens with zero attached hydrogens (tertiary/aromatic N) is 2. The van der Waals surface area contributed by atoms with E-state index in [0.29, 0.717) is 36.2 Å². The number of esters is 1. The summed E-state index contributed by atoms with van der Waals surface area (Å²) < 4.78 is 26.7. The lowest BCUT2D eigenvalue weighted by molar-refractivity contribution is -0.141. The highest BCUT2D eigenvalue weighted by atomic mass is 16.6. The lowest BCUT2D eigenvalue weighted by Crippen LogP contribution is -2.37. The van der Waals surface area contributed by atoms with Gasteiger partial charge in [0.25, 0.3) is 0 Å². The lowest BCUT2D eigenvalue weighted by Gasteiger charge is -2.21. The minimum atomic E-state index is -0.677. The fourth-order valence-electron chi connectivity index (χ4n) is 3.53. The van der Waals surface area contributed by atoms with E-state index in [1.54, 1.807) is 49.8 Å². The average Bonchev–Trinajstić information content (AvgIpc) is 3.43. The molecule has 0 bridgehead atoms. The van der Waals surface area contributed by atoms with Gasteiger partial charge in [-0.3, -0.25) is 9.69 Å². The van der Waals surface area contributed by atoms with E-state index in [9.17, 15) is 9.59 Å². The summed E-state index contributed by atoms with van der Waals surface area (Å²) in [4.78, 5) is 30.5. The molecule has 4 rings (SSSR count). The number of carbonyl (C=O) groups excluding carboxylic acids is 2. The third kappa shape index (κ3) is 7.36. The largest absolute Gasteiger partial charge is 0.497 e. The van der Waals surface area contributed by atoms with Crippen molar-refractivity contribution >= 4 is 12.1 Å². The molecule has 3 aromatic carbocycles. The maximum atomic E-state index is 12.8. The predicted molar refractivity (Wildman–Crippen MR) is 139 cm³/mol. The van der Waals surface area contributed by atoms with Crippen LogP contribution >= 0.6 is 0 Å². The van der Waals surface area contributed by atoms with Crippen LogP contribution in [-0.2, 0) is 22.5 Å². The van der Waals surface area contributed by atoms with Crippen LogP contribution in [0.15, 0.2) is 89.5 Å². The summed E-state index contributed by atoms with van der Waals surface area (Å²) in [6, 6.07) is 23.5. The average molecular weight is 517 g/mol. The second kappa shape index (κ2) is 13.0. The number of oxazole rings is 1. The van der Waals surface area contributed by atoms with E-state index in [-0.39, 0.29) is 13.1 Å². The first-order chi connectivity index (χ1) is 18.5. The number of aromatic nitrogens is 1. The summed E-state index contributed by atoms with van der Waals surface area (Å²) >= 11 is 0. The molecule has 0 saturated carbocycles. The Bertz CT molecular complexity index is 1320. The van der Waals surface area contributed by atoms with Crippen LogP contribution in [0.1, 0.15) is 11.3 Å². The first kappa shape index (κ1) is 26.3. The zero-order chi connectivity index (χ0) is 26.7. The molecule has 0 atom stereocenters. The van der Waals surface area contributed by atoms with Crippen molar-refractivity contribution in [3.8, 4) is 28.7 Å². The summed E-state index contributed by atoms with van der Waals surface area (Å²) in [6.45, 7) is 0.306. The maximum absolute atomic E-state index is 12.8. The Morgan fingerprint density at radius 1 is 0.868 bits per heavy atom. The van der Waals surface area contributed by atoms with Crippen molar-refractivity contribution in [2.24, 2.45) is 0 Å². The monoisotopic (exact) mass is 516 g/mol. The molecule has 38 heavy (non-hydrogen) atoms. The molecule has 4 aromatic rings. The summed E-state index contributed by atoms with van der Waals surface area (Å²) in [5.74, 6) is 1.65. The number of amides is 1. The maximum Gasteiger partial charge on any atom is 0.416 e. The molecule has 0 aliphatic heterocycles. The van der Waals surface area contributed by atoms with Gasteiger partial charge in [0.2, 0.25) is 5.89 Å². The van der Waals surface area contributed by atoms with E-state index < -0.39 is 12.1 Å². The van der Waals surface area contributed by atoms with E-state index in [1.807, 2.05) is 42.5 Å². The van der Waals surface area contributed by atoms with Gasteiger partial charge < -0.3 is 23.4 Å². The van der Waals surface area contributed by atoms with Gasteiger partial charge in [-0.05, 0) is 54.1 Å². The van der Waals surface area contributed by atoms with Gasteiger partial charge in [0.15, 0.2) is 0 Å². The van der Waals surface area contributed by atoms with E-state index in [2.05, 4.69) is 4.98 Å². The fourth-order valence-corrected chi connectivity index (χ4v) is 3.53. The van der Waals surface area contributed by atoms with Gasteiger partial charge in [0.1, 0.15) is 30.1 Å². The van der Waals surface area contributed by atoms with E-state index in [0.717, 1.165) is 16.8 Å². The molecule has 0 aliphatic rings. The third-order valence-corrected chi connectivity index (χ3v) is 5.57. The zero-order valence-corrected chi connectivity index (χ0v) is 21.2. The highest BCUT2D eigenvalue weighted by Crippen LogP contribution is 2.20. The van der Waals surface area contributed by atoms with E-state index >= 15 is 0 Å². The zero-order valence-electron chi connectivity index (χ0n) is 21.2. The number of ether oxygens (including phenoxy) is 4. The second-order valence-corrected chi connectivity index (χ2v) is 8.23. The van der Waals surface area contributed by atoms with E-state index in [4.69, 9.17) is 23.4 Å². The molecule has 1 heterocycles. The Hall–Kier alpha value is -4.79. The molecule has 0 saturated heterocycles. The van der Waals surface area contributed by atoms with Crippen LogP contribution in [0.5, 0.6) is 17.2 Å². The van der Waals surface area contributed by atoms with E-state index in [1.165, 1.54) is 12.0 Å². The molecule has 196 valence electrons. The van der Waals surface area contributed by atoms with Gasteiger partial charge in [-0.15, -0.1) is 0 Å². The standard InChI is InChI=1S/C29H28N2O7/c1-34-24-12-14-26(15-13-24)38-29(33)31(19-27(32)35-2)18-21-8-10-25(11-9-21)36-17-16-23-20-37-28(30-23)22-6-4-3-5-7-22/h3-15,20H,16-19H2,1-2H3. The van der Waals surface area contributed by atoms with Crippen LogP contribution < -0.4 is 14.2 Å². The molecule has 0 aliphatic carbocycles. The summed E-state index contributed by atoms with van der Waals surface area (Å²) in [5, 5.41) is 0. The van der Waals surface area contributed by atoms with Crippen molar-refractivity contribution in [2.45, 2.75) is 13.0 Å². The molecule has 0 fully saturated rings. The van der Waals surface area contributed by atoms with Crippen molar-refractivity contribution in [1.29, 1.82) is 0 Å². The number of methoxy groups -OCH3 is 2. The number of benzene rings is 3. The molecule has 9 nitrogen and oxygen atoms in total. The molecule has 9 heteroatoms. The molecule has 0 unspecified atom stereocenters. The number of hydrogen-bond donors (Lipinski definition) is 0. The first-order valence-corrected chi connectivity index (χ1v) is 11.9. The minimum absolute atomic E-state index is 0.144. The van der Waals surface area contributed by atoms with Gasteiger partial charge in [0, 0.05) is 18.5 Å².